The minimum absolute atomic E-state index is 0.0102. The first-order valence-electron chi connectivity index (χ1n) is 10.2. The number of hydrogen-bond donors (Lipinski definition) is 0. The number of hydrogen-bond acceptors (Lipinski definition) is 3. The molecule has 1 saturated heterocycles. The largest absolute Gasteiger partial charge is 0.373 e. The molecular formula is C24H28F2O3. The van der Waals surface area contributed by atoms with Crippen molar-refractivity contribution in [2.75, 3.05) is 19.8 Å². The number of aryl methyl sites for hydroxylation is 1. The Morgan fingerprint density at radius 2 is 1.62 bits per heavy atom. The van der Waals surface area contributed by atoms with Crippen molar-refractivity contribution in [2.24, 2.45) is 0 Å². The van der Waals surface area contributed by atoms with Crippen molar-refractivity contribution in [1.29, 1.82) is 0 Å². The Balaban J connectivity index is 1.52. The molecule has 1 heterocycles. The molecule has 3 nitrogen and oxygen atoms in total. The minimum Gasteiger partial charge on any atom is -0.373 e. The number of benzene rings is 2. The predicted octanol–water partition coefficient (Wildman–Crippen LogP) is 6.30. The standard InChI is InChI=1S/C24H28F2O3/c1-2-15-27-22-16-28-24(29-17-22)21-13-11-20(12-14-21)19-9-7-18(8-10-19)5-3-4-6-23(25)26/h6-14,22,24H,2-5,15-17H2,1H3. The highest BCUT2D eigenvalue weighted by Crippen LogP contribution is 2.27. The molecule has 29 heavy (non-hydrogen) atoms. The Morgan fingerprint density at radius 3 is 2.21 bits per heavy atom. The van der Waals surface area contributed by atoms with Crippen LogP contribution in [0.2, 0.25) is 0 Å². The molecule has 0 spiro atoms. The van der Waals surface area contributed by atoms with Gasteiger partial charge in [0.2, 0.25) is 0 Å². The Morgan fingerprint density at radius 1 is 1.00 bits per heavy atom. The Kier molecular flexibility index (Phi) is 8.35. The summed E-state index contributed by atoms with van der Waals surface area (Å²) in [5.74, 6) is 0. The van der Waals surface area contributed by atoms with Crippen molar-refractivity contribution in [3.05, 3.63) is 71.8 Å². The van der Waals surface area contributed by atoms with Crippen LogP contribution in [0.4, 0.5) is 8.78 Å². The van der Waals surface area contributed by atoms with Crippen molar-refractivity contribution in [2.45, 2.75) is 45.0 Å². The van der Waals surface area contributed by atoms with Crippen LogP contribution in [-0.4, -0.2) is 25.9 Å². The molecule has 1 aliphatic rings. The van der Waals surface area contributed by atoms with Gasteiger partial charge < -0.3 is 14.2 Å². The Hall–Kier alpha value is -2.08. The van der Waals surface area contributed by atoms with E-state index in [-0.39, 0.29) is 12.4 Å². The second kappa shape index (κ2) is 11.2. The van der Waals surface area contributed by atoms with Gasteiger partial charge >= 0.3 is 0 Å². The average molecular weight is 402 g/mol. The molecule has 0 radical (unpaired) electrons. The first kappa shape index (κ1) is 21.6. The van der Waals surface area contributed by atoms with Gasteiger partial charge in [0.1, 0.15) is 6.10 Å². The summed E-state index contributed by atoms with van der Waals surface area (Å²) in [6.45, 7) is 3.89. The summed E-state index contributed by atoms with van der Waals surface area (Å²) in [6.07, 6.45) is 1.94. The van der Waals surface area contributed by atoms with Crippen LogP contribution in [0.15, 0.2) is 60.7 Å². The molecule has 2 aromatic carbocycles. The Bertz CT molecular complexity index is 760. The first-order chi connectivity index (χ1) is 14.2. The first-order valence-corrected chi connectivity index (χ1v) is 10.2. The van der Waals surface area contributed by atoms with Gasteiger partial charge in [-0.05, 0) is 48.4 Å². The minimum atomic E-state index is -1.60. The van der Waals surface area contributed by atoms with Crippen LogP contribution in [-0.2, 0) is 20.6 Å². The highest BCUT2D eigenvalue weighted by molar-refractivity contribution is 5.64. The van der Waals surface area contributed by atoms with E-state index in [1.54, 1.807) is 0 Å². The molecule has 2 aromatic rings. The fraction of sp³-hybridized carbons (Fsp3) is 0.417. The van der Waals surface area contributed by atoms with Crippen LogP contribution in [0, 0.1) is 0 Å². The van der Waals surface area contributed by atoms with Crippen molar-refractivity contribution in [3.63, 3.8) is 0 Å². The van der Waals surface area contributed by atoms with Crippen molar-refractivity contribution >= 4 is 0 Å². The van der Waals surface area contributed by atoms with E-state index in [0.717, 1.165) is 54.2 Å². The van der Waals surface area contributed by atoms with Gasteiger partial charge in [-0.15, -0.1) is 0 Å². The average Bonchev–Trinajstić information content (AvgIpc) is 2.76. The number of ether oxygens (including phenoxy) is 3. The van der Waals surface area contributed by atoms with Crippen LogP contribution >= 0.6 is 0 Å². The molecule has 3 rings (SSSR count). The monoisotopic (exact) mass is 402 g/mol. The van der Waals surface area contributed by atoms with Gasteiger partial charge in [0.25, 0.3) is 6.08 Å². The third kappa shape index (κ3) is 6.74. The normalized spacial score (nSPS) is 19.1. The maximum absolute atomic E-state index is 12.1. The van der Waals surface area contributed by atoms with Crippen LogP contribution in [0.25, 0.3) is 11.1 Å². The maximum atomic E-state index is 12.1. The SMILES string of the molecule is CCCOC1COC(c2ccc(-c3ccc(CCCC=C(F)F)cc3)cc2)OC1. The zero-order chi connectivity index (χ0) is 20.5. The molecule has 0 aliphatic carbocycles. The summed E-state index contributed by atoms with van der Waals surface area (Å²) in [7, 11) is 0. The van der Waals surface area contributed by atoms with E-state index < -0.39 is 6.08 Å². The fourth-order valence-corrected chi connectivity index (χ4v) is 3.27. The van der Waals surface area contributed by atoms with Gasteiger partial charge in [-0.2, -0.15) is 8.78 Å². The second-order valence-electron chi connectivity index (χ2n) is 7.20. The molecule has 0 unspecified atom stereocenters. The molecule has 0 aromatic heterocycles. The summed E-state index contributed by atoms with van der Waals surface area (Å²) in [6, 6.07) is 16.4. The molecular weight excluding hydrogens is 374 g/mol. The van der Waals surface area contributed by atoms with Crippen molar-refractivity contribution < 1.29 is 23.0 Å². The smallest absolute Gasteiger partial charge is 0.266 e. The van der Waals surface area contributed by atoms with Crippen molar-refractivity contribution in [3.8, 4) is 11.1 Å². The lowest BCUT2D eigenvalue weighted by molar-refractivity contribution is -0.230. The quantitative estimate of drug-likeness (QED) is 0.461. The Labute approximate surface area is 171 Å². The summed E-state index contributed by atoms with van der Waals surface area (Å²) in [5, 5.41) is 0. The van der Waals surface area contributed by atoms with Crippen LogP contribution in [0.3, 0.4) is 0 Å². The molecule has 156 valence electrons. The van der Waals surface area contributed by atoms with E-state index in [4.69, 9.17) is 14.2 Å². The van der Waals surface area contributed by atoms with E-state index in [1.165, 1.54) is 0 Å². The van der Waals surface area contributed by atoms with Gasteiger partial charge in [-0.3, -0.25) is 0 Å². The predicted molar refractivity (Wildman–Crippen MR) is 110 cm³/mol. The number of unbranched alkanes of at least 4 members (excludes halogenated alkanes) is 1. The zero-order valence-corrected chi connectivity index (χ0v) is 16.8. The maximum Gasteiger partial charge on any atom is 0.266 e. The van der Waals surface area contributed by atoms with E-state index in [9.17, 15) is 8.78 Å². The molecule has 1 fully saturated rings. The van der Waals surface area contributed by atoms with Crippen LogP contribution in [0.5, 0.6) is 0 Å². The highest BCUT2D eigenvalue weighted by atomic mass is 19.3. The summed E-state index contributed by atoms with van der Waals surface area (Å²) < 4.78 is 41.4. The van der Waals surface area contributed by atoms with E-state index in [0.29, 0.717) is 19.6 Å². The third-order valence-electron chi connectivity index (χ3n) is 4.86. The lowest BCUT2D eigenvalue weighted by Crippen LogP contribution is -2.33. The molecule has 5 heteroatoms. The molecule has 1 aliphatic heterocycles. The summed E-state index contributed by atoms with van der Waals surface area (Å²) >= 11 is 0. The summed E-state index contributed by atoms with van der Waals surface area (Å²) in [5.41, 5.74) is 4.38. The topological polar surface area (TPSA) is 27.7 Å². The molecule has 0 amide bonds. The second-order valence-corrected chi connectivity index (χ2v) is 7.20. The lowest BCUT2D eigenvalue weighted by Gasteiger charge is -2.29. The van der Waals surface area contributed by atoms with Crippen LogP contribution in [0.1, 0.15) is 43.6 Å². The molecule has 0 atom stereocenters. The van der Waals surface area contributed by atoms with Crippen molar-refractivity contribution in [1.82, 2.24) is 0 Å². The van der Waals surface area contributed by atoms with Gasteiger partial charge in [0, 0.05) is 12.2 Å². The van der Waals surface area contributed by atoms with E-state index in [1.807, 2.05) is 12.1 Å². The third-order valence-corrected chi connectivity index (χ3v) is 4.86. The molecule has 0 N–H and O–H groups in total. The number of rotatable bonds is 9. The lowest BCUT2D eigenvalue weighted by atomic mass is 10.0. The van der Waals surface area contributed by atoms with Crippen LogP contribution < -0.4 is 0 Å². The zero-order valence-electron chi connectivity index (χ0n) is 16.8. The van der Waals surface area contributed by atoms with Gasteiger partial charge in [0.15, 0.2) is 6.29 Å². The van der Waals surface area contributed by atoms with Gasteiger partial charge in [-0.1, -0.05) is 55.5 Å². The highest BCUT2D eigenvalue weighted by Gasteiger charge is 2.23. The van der Waals surface area contributed by atoms with Gasteiger partial charge in [-0.25, -0.2) is 0 Å². The number of allylic oxidation sites excluding steroid dienone is 1. The number of halogens is 2. The van der Waals surface area contributed by atoms with E-state index >= 15 is 0 Å². The molecule has 0 bridgehead atoms. The van der Waals surface area contributed by atoms with Gasteiger partial charge in [0.05, 0.1) is 13.2 Å². The summed E-state index contributed by atoms with van der Waals surface area (Å²) in [4.78, 5) is 0. The van der Waals surface area contributed by atoms with E-state index in [2.05, 4.69) is 43.3 Å². The molecule has 0 saturated carbocycles. The fourth-order valence-electron chi connectivity index (χ4n) is 3.27.